The minimum Gasteiger partial charge on any atom is -0.490 e. The third-order valence-electron chi connectivity index (χ3n) is 4.16. The SMILES string of the molecule is CCOc1ccc(C(O)C2=CC(=O)c3ccccc3C2=O)cc1OCC. The number of allylic oxidation sites excluding steroid dienone is 1. The lowest BCUT2D eigenvalue weighted by molar-refractivity contribution is 0.0946. The third-order valence-corrected chi connectivity index (χ3v) is 4.16. The summed E-state index contributed by atoms with van der Waals surface area (Å²) in [6.45, 7) is 4.64. The van der Waals surface area contributed by atoms with Crippen molar-refractivity contribution in [2.45, 2.75) is 20.0 Å². The van der Waals surface area contributed by atoms with E-state index in [4.69, 9.17) is 9.47 Å². The van der Waals surface area contributed by atoms with E-state index in [1.807, 2.05) is 13.8 Å². The maximum atomic E-state index is 12.7. The predicted molar refractivity (Wildman–Crippen MR) is 96.9 cm³/mol. The molecule has 1 atom stereocenters. The molecule has 1 unspecified atom stereocenters. The van der Waals surface area contributed by atoms with Crippen LogP contribution in [0.25, 0.3) is 0 Å². The molecule has 5 heteroatoms. The molecule has 1 aliphatic carbocycles. The van der Waals surface area contributed by atoms with Crippen LogP contribution in [0.1, 0.15) is 46.2 Å². The summed E-state index contributed by atoms with van der Waals surface area (Å²) in [5.41, 5.74) is 1.18. The first-order chi connectivity index (χ1) is 12.6. The number of aliphatic hydroxyl groups excluding tert-OH is 1. The van der Waals surface area contributed by atoms with Crippen molar-refractivity contribution in [3.63, 3.8) is 0 Å². The molecule has 3 rings (SSSR count). The molecule has 0 radical (unpaired) electrons. The van der Waals surface area contributed by atoms with E-state index in [2.05, 4.69) is 0 Å². The standard InChI is InChI=1S/C21H20O5/c1-3-25-18-10-9-13(11-19(18)26-4-2)20(23)16-12-17(22)14-7-5-6-8-15(14)21(16)24/h5-12,20,23H,3-4H2,1-2H3. The number of benzene rings is 2. The fourth-order valence-corrected chi connectivity index (χ4v) is 2.96. The molecule has 0 saturated heterocycles. The summed E-state index contributed by atoms with van der Waals surface area (Å²) in [7, 11) is 0. The summed E-state index contributed by atoms with van der Waals surface area (Å²) in [6.07, 6.45) is -0.0127. The number of carbonyl (C=O) groups is 2. The van der Waals surface area contributed by atoms with Gasteiger partial charge in [0.05, 0.1) is 13.2 Å². The fraction of sp³-hybridized carbons (Fsp3) is 0.238. The van der Waals surface area contributed by atoms with Gasteiger partial charge in [-0.3, -0.25) is 9.59 Å². The normalized spacial score (nSPS) is 14.5. The minimum absolute atomic E-state index is 0.0558. The zero-order valence-corrected chi connectivity index (χ0v) is 14.7. The van der Waals surface area contributed by atoms with Crippen molar-refractivity contribution in [2.75, 3.05) is 13.2 Å². The molecule has 26 heavy (non-hydrogen) atoms. The molecule has 0 heterocycles. The van der Waals surface area contributed by atoms with E-state index < -0.39 is 6.10 Å². The maximum absolute atomic E-state index is 12.7. The number of ketones is 2. The van der Waals surface area contributed by atoms with Crippen molar-refractivity contribution in [2.24, 2.45) is 0 Å². The lowest BCUT2D eigenvalue weighted by atomic mass is 9.85. The van der Waals surface area contributed by atoms with Crippen LogP contribution in [0.5, 0.6) is 11.5 Å². The molecule has 134 valence electrons. The number of fused-ring (bicyclic) bond motifs is 1. The van der Waals surface area contributed by atoms with Gasteiger partial charge in [-0.2, -0.15) is 0 Å². The Labute approximate surface area is 151 Å². The van der Waals surface area contributed by atoms with Crippen LogP contribution in [0.3, 0.4) is 0 Å². The van der Waals surface area contributed by atoms with Gasteiger partial charge < -0.3 is 14.6 Å². The largest absolute Gasteiger partial charge is 0.490 e. The molecule has 0 bridgehead atoms. The van der Waals surface area contributed by atoms with Crippen LogP contribution in [0, 0.1) is 0 Å². The molecule has 0 amide bonds. The molecule has 0 fully saturated rings. The Balaban J connectivity index is 1.97. The number of ether oxygens (including phenoxy) is 2. The molecule has 5 nitrogen and oxygen atoms in total. The topological polar surface area (TPSA) is 72.8 Å². The highest BCUT2D eigenvalue weighted by molar-refractivity contribution is 6.24. The lowest BCUT2D eigenvalue weighted by Crippen LogP contribution is -2.21. The summed E-state index contributed by atoms with van der Waals surface area (Å²) in [6, 6.07) is 11.6. The Bertz CT molecular complexity index is 882. The second-order valence-corrected chi connectivity index (χ2v) is 5.81. The highest BCUT2D eigenvalue weighted by Crippen LogP contribution is 2.35. The molecule has 2 aromatic rings. The number of rotatable bonds is 6. The van der Waals surface area contributed by atoms with Crippen molar-refractivity contribution in [1.29, 1.82) is 0 Å². The first-order valence-corrected chi connectivity index (χ1v) is 8.54. The van der Waals surface area contributed by atoms with E-state index >= 15 is 0 Å². The first kappa shape index (κ1) is 17.9. The van der Waals surface area contributed by atoms with Crippen LogP contribution < -0.4 is 9.47 Å². The van der Waals surface area contributed by atoms with Gasteiger partial charge in [0.15, 0.2) is 23.1 Å². The quantitative estimate of drug-likeness (QED) is 0.861. The van der Waals surface area contributed by atoms with Crippen molar-refractivity contribution < 1.29 is 24.2 Å². The zero-order valence-electron chi connectivity index (χ0n) is 14.7. The molecule has 0 spiro atoms. The Hall–Kier alpha value is -2.92. The highest BCUT2D eigenvalue weighted by Gasteiger charge is 2.30. The van der Waals surface area contributed by atoms with E-state index in [1.165, 1.54) is 6.08 Å². The number of hydrogen-bond acceptors (Lipinski definition) is 5. The molecular formula is C21H20O5. The third kappa shape index (κ3) is 3.26. The summed E-state index contributed by atoms with van der Waals surface area (Å²) < 4.78 is 11.1. The summed E-state index contributed by atoms with van der Waals surface area (Å²) in [5.74, 6) is 0.418. The van der Waals surface area contributed by atoms with Crippen LogP contribution in [-0.2, 0) is 0 Å². The van der Waals surface area contributed by atoms with E-state index in [0.717, 1.165) is 0 Å². The van der Waals surface area contributed by atoms with E-state index in [9.17, 15) is 14.7 Å². The first-order valence-electron chi connectivity index (χ1n) is 8.54. The highest BCUT2D eigenvalue weighted by atomic mass is 16.5. The minimum atomic E-state index is -1.23. The maximum Gasteiger partial charge on any atom is 0.192 e. The van der Waals surface area contributed by atoms with Crippen molar-refractivity contribution >= 4 is 11.6 Å². The van der Waals surface area contributed by atoms with Gasteiger partial charge in [-0.15, -0.1) is 0 Å². The van der Waals surface area contributed by atoms with Gasteiger partial charge in [0, 0.05) is 16.7 Å². The van der Waals surface area contributed by atoms with Gasteiger partial charge in [-0.25, -0.2) is 0 Å². The Morgan fingerprint density at radius 3 is 2.27 bits per heavy atom. The number of Topliss-reactive ketones (excluding diaryl/α,β-unsaturated/α-hetero) is 1. The monoisotopic (exact) mass is 352 g/mol. The molecular weight excluding hydrogens is 332 g/mol. The van der Waals surface area contributed by atoms with Gasteiger partial charge in [0.2, 0.25) is 0 Å². The van der Waals surface area contributed by atoms with Gasteiger partial charge in [0.25, 0.3) is 0 Å². The van der Waals surface area contributed by atoms with Crippen molar-refractivity contribution in [3.05, 3.63) is 70.8 Å². The fourth-order valence-electron chi connectivity index (χ4n) is 2.96. The summed E-state index contributed by atoms with van der Waals surface area (Å²) >= 11 is 0. The van der Waals surface area contributed by atoms with Gasteiger partial charge in [-0.05, 0) is 37.6 Å². The number of hydrogen-bond donors (Lipinski definition) is 1. The van der Waals surface area contributed by atoms with E-state index in [-0.39, 0.29) is 17.1 Å². The predicted octanol–water partition coefficient (Wildman–Crippen LogP) is 3.52. The molecule has 2 aromatic carbocycles. The lowest BCUT2D eigenvalue weighted by Gasteiger charge is -2.20. The van der Waals surface area contributed by atoms with Crippen LogP contribution in [-0.4, -0.2) is 29.9 Å². The smallest absolute Gasteiger partial charge is 0.192 e. The van der Waals surface area contributed by atoms with E-state index in [1.54, 1.807) is 42.5 Å². The van der Waals surface area contributed by atoms with E-state index in [0.29, 0.717) is 41.4 Å². The Morgan fingerprint density at radius 2 is 1.58 bits per heavy atom. The van der Waals surface area contributed by atoms with Gasteiger partial charge in [0.1, 0.15) is 6.10 Å². The molecule has 1 N–H and O–H groups in total. The number of carbonyl (C=O) groups excluding carboxylic acids is 2. The second kappa shape index (κ2) is 7.54. The summed E-state index contributed by atoms with van der Waals surface area (Å²) in [5, 5.41) is 10.7. The Morgan fingerprint density at radius 1 is 0.923 bits per heavy atom. The van der Waals surface area contributed by atoms with Gasteiger partial charge in [-0.1, -0.05) is 30.3 Å². The number of aliphatic hydroxyl groups is 1. The van der Waals surface area contributed by atoms with Crippen LogP contribution in [0.15, 0.2) is 54.1 Å². The van der Waals surface area contributed by atoms with Gasteiger partial charge >= 0.3 is 0 Å². The Kier molecular flexibility index (Phi) is 5.19. The molecule has 0 aliphatic heterocycles. The van der Waals surface area contributed by atoms with Crippen LogP contribution in [0.2, 0.25) is 0 Å². The van der Waals surface area contributed by atoms with Crippen molar-refractivity contribution in [3.8, 4) is 11.5 Å². The second-order valence-electron chi connectivity index (χ2n) is 5.81. The summed E-state index contributed by atoms with van der Waals surface area (Å²) in [4.78, 5) is 25.0. The average Bonchev–Trinajstić information content (AvgIpc) is 2.66. The van der Waals surface area contributed by atoms with Crippen LogP contribution in [0.4, 0.5) is 0 Å². The molecule has 0 saturated carbocycles. The van der Waals surface area contributed by atoms with Crippen molar-refractivity contribution in [1.82, 2.24) is 0 Å². The average molecular weight is 352 g/mol. The zero-order chi connectivity index (χ0) is 18.7. The molecule has 1 aliphatic rings. The van der Waals surface area contributed by atoms with Crippen LogP contribution >= 0.6 is 0 Å². The molecule has 0 aromatic heterocycles.